The third kappa shape index (κ3) is 7.64. The Balaban J connectivity index is 3.54. The standard InChI is InChI=1S/C9H20O3S2/c1-3-5-14(11,12)6-4-13-8-9(2)7-10/h9-10H,3-8H2,1-2H3. The molecule has 0 fully saturated rings. The van der Waals surface area contributed by atoms with Crippen LogP contribution < -0.4 is 0 Å². The molecule has 0 aliphatic carbocycles. The summed E-state index contributed by atoms with van der Waals surface area (Å²) in [6.45, 7) is 4.00. The second-order valence-electron chi connectivity index (χ2n) is 3.51. The van der Waals surface area contributed by atoms with Gasteiger partial charge in [0.15, 0.2) is 9.84 Å². The molecule has 0 aromatic carbocycles. The van der Waals surface area contributed by atoms with Gasteiger partial charge in [0.05, 0.1) is 5.75 Å². The predicted molar refractivity (Wildman–Crippen MR) is 62.5 cm³/mol. The highest BCUT2D eigenvalue weighted by Gasteiger charge is 2.09. The molecule has 0 rings (SSSR count). The second kappa shape index (κ2) is 7.54. The zero-order valence-electron chi connectivity index (χ0n) is 8.90. The average Bonchev–Trinajstić information content (AvgIpc) is 2.12. The first-order valence-electron chi connectivity index (χ1n) is 4.91. The molecule has 1 unspecified atom stereocenters. The van der Waals surface area contributed by atoms with Gasteiger partial charge in [-0.15, -0.1) is 0 Å². The Bertz CT molecular complexity index is 224. The van der Waals surface area contributed by atoms with E-state index in [0.717, 1.165) is 5.75 Å². The normalized spacial score (nSPS) is 14.2. The van der Waals surface area contributed by atoms with Gasteiger partial charge in [-0.3, -0.25) is 0 Å². The van der Waals surface area contributed by atoms with Gasteiger partial charge in [0.25, 0.3) is 0 Å². The van der Waals surface area contributed by atoms with Crippen LogP contribution in [0, 0.1) is 5.92 Å². The third-order valence-electron chi connectivity index (χ3n) is 1.77. The quantitative estimate of drug-likeness (QED) is 0.647. The van der Waals surface area contributed by atoms with Crippen molar-refractivity contribution in [1.29, 1.82) is 0 Å². The predicted octanol–water partition coefficient (Wildman–Crippen LogP) is 1.17. The lowest BCUT2D eigenvalue weighted by molar-refractivity contribution is 0.250. The second-order valence-corrected chi connectivity index (χ2v) is 6.97. The first kappa shape index (κ1) is 14.3. The molecule has 0 saturated carbocycles. The van der Waals surface area contributed by atoms with Crippen molar-refractivity contribution in [3.8, 4) is 0 Å². The van der Waals surface area contributed by atoms with E-state index in [0.29, 0.717) is 17.9 Å². The highest BCUT2D eigenvalue weighted by Crippen LogP contribution is 2.08. The van der Waals surface area contributed by atoms with Gasteiger partial charge in [-0.2, -0.15) is 11.8 Å². The molecule has 1 atom stereocenters. The average molecular weight is 240 g/mol. The van der Waals surface area contributed by atoms with Crippen LogP contribution in [-0.2, 0) is 9.84 Å². The summed E-state index contributed by atoms with van der Waals surface area (Å²) in [4.78, 5) is 0. The minimum absolute atomic E-state index is 0.175. The van der Waals surface area contributed by atoms with Crippen LogP contribution in [-0.4, -0.2) is 43.1 Å². The smallest absolute Gasteiger partial charge is 0.151 e. The Morgan fingerprint density at radius 1 is 1.36 bits per heavy atom. The van der Waals surface area contributed by atoms with Gasteiger partial charge >= 0.3 is 0 Å². The van der Waals surface area contributed by atoms with E-state index in [1.165, 1.54) is 0 Å². The number of sulfone groups is 1. The number of rotatable bonds is 8. The van der Waals surface area contributed by atoms with Crippen LogP contribution in [0.25, 0.3) is 0 Å². The molecule has 0 aromatic heterocycles. The van der Waals surface area contributed by atoms with E-state index >= 15 is 0 Å². The molecule has 0 radical (unpaired) electrons. The molecule has 0 saturated heterocycles. The van der Waals surface area contributed by atoms with Gasteiger partial charge in [0.1, 0.15) is 0 Å². The summed E-state index contributed by atoms with van der Waals surface area (Å²) >= 11 is 1.60. The van der Waals surface area contributed by atoms with E-state index < -0.39 is 9.84 Å². The summed E-state index contributed by atoms with van der Waals surface area (Å²) in [5, 5.41) is 8.75. The van der Waals surface area contributed by atoms with Crippen LogP contribution >= 0.6 is 11.8 Å². The van der Waals surface area contributed by atoms with Crippen LogP contribution in [0.15, 0.2) is 0 Å². The largest absolute Gasteiger partial charge is 0.396 e. The van der Waals surface area contributed by atoms with Crippen molar-refractivity contribution in [3.63, 3.8) is 0 Å². The van der Waals surface area contributed by atoms with Gasteiger partial charge in [-0.1, -0.05) is 13.8 Å². The van der Waals surface area contributed by atoms with Crippen LogP contribution in [0.1, 0.15) is 20.3 Å². The van der Waals surface area contributed by atoms with Crippen molar-refractivity contribution in [2.75, 3.05) is 29.6 Å². The molecular formula is C9H20O3S2. The van der Waals surface area contributed by atoms with Crippen molar-refractivity contribution >= 4 is 21.6 Å². The summed E-state index contributed by atoms with van der Waals surface area (Å²) in [6.07, 6.45) is 0.694. The summed E-state index contributed by atoms with van der Waals surface area (Å²) in [5.74, 6) is 2.30. The summed E-state index contributed by atoms with van der Waals surface area (Å²) in [6, 6.07) is 0. The number of thioether (sulfide) groups is 1. The molecule has 0 aromatic rings. The Kier molecular flexibility index (Phi) is 7.68. The first-order chi connectivity index (χ1) is 6.52. The monoisotopic (exact) mass is 240 g/mol. The van der Waals surface area contributed by atoms with Crippen molar-refractivity contribution in [1.82, 2.24) is 0 Å². The first-order valence-corrected chi connectivity index (χ1v) is 7.88. The fourth-order valence-corrected chi connectivity index (χ4v) is 3.92. The van der Waals surface area contributed by atoms with E-state index in [-0.39, 0.29) is 18.3 Å². The maximum absolute atomic E-state index is 11.3. The van der Waals surface area contributed by atoms with E-state index in [9.17, 15) is 8.42 Å². The van der Waals surface area contributed by atoms with Crippen molar-refractivity contribution in [2.24, 2.45) is 5.92 Å². The zero-order valence-corrected chi connectivity index (χ0v) is 10.5. The lowest BCUT2D eigenvalue weighted by atomic mass is 10.2. The van der Waals surface area contributed by atoms with E-state index in [1.54, 1.807) is 11.8 Å². The zero-order chi connectivity index (χ0) is 11.0. The lowest BCUT2D eigenvalue weighted by Gasteiger charge is -2.07. The van der Waals surface area contributed by atoms with Gasteiger partial charge in [-0.05, 0) is 18.1 Å². The molecule has 0 aliphatic heterocycles. The van der Waals surface area contributed by atoms with Crippen molar-refractivity contribution in [3.05, 3.63) is 0 Å². The van der Waals surface area contributed by atoms with Crippen LogP contribution in [0.3, 0.4) is 0 Å². The van der Waals surface area contributed by atoms with Crippen molar-refractivity contribution < 1.29 is 13.5 Å². The minimum Gasteiger partial charge on any atom is -0.396 e. The van der Waals surface area contributed by atoms with E-state index in [2.05, 4.69) is 0 Å². The Morgan fingerprint density at radius 2 is 2.00 bits per heavy atom. The summed E-state index contributed by atoms with van der Waals surface area (Å²) in [5.41, 5.74) is 0. The van der Waals surface area contributed by atoms with Gasteiger partial charge < -0.3 is 5.11 Å². The number of hydrogen-bond donors (Lipinski definition) is 1. The topological polar surface area (TPSA) is 54.4 Å². The molecule has 0 bridgehead atoms. The van der Waals surface area contributed by atoms with E-state index in [1.807, 2.05) is 13.8 Å². The molecular weight excluding hydrogens is 220 g/mol. The Labute approximate surface area is 91.2 Å². The maximum atomic E-state index is 11.3. The molecule has 0 aliphatic rings. The highest BCUT2D eigenvalue weighted by atomic mass is 32.2. The number of aliphatic hydroxyl groups excluding tert-OH is 1. The molecule has 14 heavy (non-hydrogen) atoms. The Morgan fingerprint density at radius 3 is 2.50 bits per heavy atom. The molecule has 0 heterocycles. The molecule has 86 valence electrons. The summed E-state index contributed by atoms with van der Waals surface area (Å²) < 4.78 is 22.6. The van der Waals surface area contributed by atoms with E-state index in [4.69, 9.17) is 5.11 Å². The molecule has 5 heteroatoms. The van der Waals surface area contributed by atoms with Crippen LogP contribution in [0.2, 0.25) is 0 Å². The molecule has 3 nitrogen and oxygen atoms in total. The van der Waals surface area contributed by atoms with Crippen LogP contribution in [0.4, 0.5) is 0 Å². The van der Waals surface area contributed by atoms with Crippen molar-refractivity contribution in [2.45, 2.75) is 20.3 Å². The van der Waals surface area contributed by atoms with Crippen LogP contribution in [0.5, 0.6) is 0 Å². The van der Waals surface area contributed by atoms with Gasteiger partial charge in [-0.25, -0.2) is 8.42 Å². The number of hydrogen-bond acceptors (Lipinski definition) is 4. The fraction of sp³-hybridized carbons (Fsp3) is 1.00. The SMILES string of the molecule is CCCS(=O)(=O)CCSCC(C)CO. The molecule has 1 N–H and O–H groups in total. The highest BCUT2D eigenvalue weighted by molar-refractivity contribution is 8.00. The third-order valence-corrected chi connectivity index (χ3v) is 5.18. The minimum atomic E-state index is -2.82. The maximum Gasteiger partial charge on any atom is 0.151 e. The lowest BCUT2D eigenvalue weighted by Crippen LogP contribution is -2.13. The molecule has 0 spiro atoms. The molecule has 0 amide bonds. The summed E-state index contributed by atoms with van der Waals surface area (Å²) in [7, 11) is -2.82. The van der Waals surface area contributed by atoms with Gasteiger partial charge in [0.2, 0.25) is 0 Å². The van der Waals surface area contributed by atoms with Gasteiger partial charge in [0, 0.05) is 18.1 Å². The number of aliphatic hydroxyl groups is 1. The fourth-order valence-electron chi connectivity index (χ4n) is 0.936. The Hall–Kier alpha value is 0.260.